The lowest BCUT2D eigenvalue weighted by Crippen LogP contribution is -2.56. The zero-order valence-electron chi connectivity index (χ0n) is 45.7. The summed E-state index contributed by atoms with van der Waals surface area (Å²) in [6, 6.07) is 26.2. The Morgan fingerprint density at radius 3 is 1.23 bits per heavy atom. The topological polar surface area (TPSA) is 77.3 Å². The zero-order chi connectivity index (χ0) is 52.9. The molecule has 1 aliphatic heterocycles. The molecule has 0 bridgehead atoms. The maximum Gasteiger partial charge on any atom is 0.132 e. The Bertz CT molecular complexity index is 3310. The molecule has 2 unspecified atom stereocenters. The Morgan fingerprint density at radius 1 is 0.403 bits per heavy atom. The van der Waals surface area contributed by atoms with Crippen LogP contribution in [0.25, 0.3) is 93.4 Å². The number of nitrogens with zero attached hydrogens (tertiary/aromatic N) is 6. The minimum Gasteiger partial charge on any atom is -0.252 e. The van der Waals surface area contributed by atoms with Crippen molar-refractivity contribution in [1.29, 1.82) is 0 Å². The van der Waals surface area contributed by atoms with Gasteiger partial charge >= 0.3 is 0 Å². The molecule has 0 aliphatic carbocycles. The fourth-order valence-electron chi connectivity index (χ4n) is 11.8. The highest BCUT2D eigenvalue weighted by Crippen LogP contribution is 2.51. The molecule has 0 radical (unpaired) electrons. The van der Waals surface area contributed by atoms with Crippen molar-refractivity contribution >= 4 is 132 Å². The SMILES string of the molecule is CCCCCCc1ccc(-c2ccc(-c3ncc(-c4cc5c(s4)-c4sc(-c6cnc(-c7ccc(-c8ccc(CCCCCC)s8)s7)c7nsnc67)cc4[Si]5(CC(CC)CCCC)CC(CC)CCCC)c4nsnc34)s2)s1. The quantitative estimate of drug-likeness (QED) is 0.0359. The zero-order valence-corrected chi connectivity index (χ0v) is 53.2. The third-order valence-corrected chi connectivity index (χ3v) is 30.4. The van der Waals surface area contributed by atoms with Crippen molar-refractivity contribution in [3.05, 3.63) is 82.8 Å². The molecule has 2 atom stereocenters. The van der Waals surface area contributed by atoms with Crippen LogP contribution in [0, 0.1) is 11.8 Å². The monoisotopic (exact) mass is 1180 g/mol. The third kappa shape index (κ3) is 11.5. The largest absolute Gasteiger partial charge is 0.252 e. The highest BCUT2D eigenvalue weighted by atomic mass is 32.1. The van der Waals surface area contributed by atoms with Gasteiger partial charge in [-0.05, 0) is 121 Å². The molecule has 0 saturated heterocycles. The van der Waals surface area contributed by atoms with Crippen LogP contribution in [0.2, 0.25) is 12.1 Å². The molecule has 0 amide bonds. The molecule has 0 aromatic carbocycles. The van der Waals surface area contributed by atoms with Gasteiger partial charge in [-0.15, -0.1) is 68.0 Å². The van der Waals surface area contributed by atoms with Crippen molar-refractivity contribution in [3.63, 3.8) is 0 Å². The maximum atomic E-state index is 5.30. The van der Waals surface area contributed by atoms with Crippen LogP contribution in [0.5, 0.6) is 0 Å². The van der Waals surface area contributed by atoms with Gasteiger partial charge < -0.3 is 0 Å². The van der Waals surface area contributed by atoms with E-state index in [4.69, 9.17) is 27.5 Å². The Kier molecular flexibility index (Phi) is 18.3. The number of unbranched alkanes of at least 4 members (excludes halogenated alkanes) is 8. The molecular weight excluding hydrogens is 1110 g/mol. The maximum absolute atomic E-state index is 5.30. The first kappa shape index (κ1) is 55.3. The van der Waals surface area contributed by atoms with Crippen molar-refractivity contribution in [3.8, 4) is 71.3 Å². The van der Waals surface area contributed by atoms with Crippen molar-refractivity contribution in [2.45, 2.75) is 169 Å². The molecule has 6 nitrogen and oxygen atoms in total. The van der Waals surface area contributed by atoms with E-state index in [1.54, 1.807) is 10.4 Å². The van der Waals surface area contributed by atoms with Gasteiger partial charge in [-0.1, -0.05) is 131 Å². The predicted octanol–water partition coefficient (Wildman–Crippen LogP) is 21.1. The highest BCUT2D eigenvalue weighted by Gasteiger charge is 2.50. The molecule has 0 saturated carbocycles. The van der Waals surface area contributed by atoms with Crippen LogP contribution in [0.4, 0.5) is 0 Å². The third-order valence-electron chi connectivity index (χ3n) is 16.2. The lowest BCUT2D eigenvalue weighted by atomic mass is 10.0. The molecular formula is C62H72N6S8Si. The second-order valence-corrected chi connectivity index (χ2v) is 33.2. The van der Waals surface area contributed by atoms with E-state index in [0.717, 1.165) is 54.3 Å². The van der Waals surface area contributed by atoms with E-state index < -0.39 is 8.07 Å². The predicted molar refractivity (Wildman–Crippen MR) is 346 cm³/mol. The van der Waals surface area contributed by atoms with Crippen molar-refractivity contribution in [2.24, 2.45) is 11.8 Å². The van der Waals surface area contributed by atoms with Crippen molar-refractivity contribution < 1.29 is 0 Å². The highest BCUT2D eigenvalue weighted by molar-refractivity contribution is 7.32. The minimum absolute atomic E-state index is 0.686. The fourth-order valence-corrected chi connectivity index (χ4v) is 27.7. The average molecular weight is 1190 g/mol. The standard InChI is InChI=1S/C62H72N6S8Si/c1-7-13-17-19-23-41-25-27-45(69-41)47-29-31-49(71-47)57-59-55(65-75-67-59)43(35-63-57)51-33-53-61(73-51)62-54(77(53,37-39(11-5)21-15-9-3)38-40(12-6)22-16-10-4)34-52(74-62)44-36-64-58(60-56(44)66-76-68-60)50-32-30-48(72-50)46-28-26-42(70-46)24-20-18-14-8-2/h25-36,39-40H,7-24,37-38H2,1-6H3. The van der Waals surface area contributed by atoms with Gasteiger partial charge in [0.15, 0.2) is 0 Å². The summed E-state index contributed by atoms with van der Waals surface area (Å²) >= 11 is 14.2. The molecule has 1 aliphatic rings. The smallest absolute Gasteiger partial charge is 0.132 e. The summed E-state index contributed by atoms with van der Waals surface area (Å²) in [7, 11) is -2.36. The number of rotatable bonds is 28. The number of aryl methyl sites for hydroxylation is 2. The Hall–Kier alpha value is -3.64. The van der Waals surface area contributed by atoms with E-state index in [0.29, 0.717) is 11.8 Å². The summed E-state index contributed by atoms with van der Waals surface area (Å²) in [6.07, 6.45) is 27.0. The fraction of sp³-hybridized carbons (Fsp3) is 0.452. The first-order valence-electron chi connectivity index (χ1n) is 28.8. The van der Waals surface area contributed by atoms with Crippen LogP contribution in [-0.2, 0) is 12.8 Å². The van der Waals surface area contributed by atoms with Crippen molar-refractivity contribution in [2.75, 3.05) is 0 Å². The van der Waals surface area contributed by atoms with Crippen LogP contribution < -0.4 is 10.4 Å². The summed E-state index contributed by atoms with van der Waals surface area (Å²) in [6.45, 7) is 14.2. The molecule has 77 heavy (non-hydrogen) atoms. The van der Waals surface area contributed by atoms with E-state index in [2.05, 4.69) is 115 Å². The van der Waals surface area contributed by atoms with Gasteiger partial charge in [0.1, 0.15) is 41.5 Å². The molecule has 402 valence electrons. The first-order chi connectivity index (χ1) is 37.9. The molecule has 0 spiro atoms. The number of hydrogen-bond acceptors (Lipinski definition) is 14. The van der Waals surface area contributed by atoms with Gasteiger partial charge in [0, 0.05) is 72.3 Å². The van der Waals surface area contributed by atoms with Crippen LogP contribution in [0.3, 0.4) is 0 Å². The van der Waals surface area contributed by atoms with Crippen LogP contribution in [0.1, 0.15) is 154 Å². The van der Waals surface area contributed by atoms with Crippen molar-refractivity contribution in [1.82, 2.24) is 27.5 Å². The number of pyridine rings is 2. The van der Waals surface area contributed by atoms with E-state index in [-0.39, 0.29) is 0 Å². The van der Waals surface area contributed by atoms with Crippen LogP contribution in [0.15, 0.2) is 73.1 Å². The number of thiophene rings is 6. The summed E-state index contributed by atoms with van der Waals surface area (Å²) in [4.78, 5) is 26.7. The van der Waals surface area contributed by atoms with E-state index in [1.165, 1.54) is 200 Å². The lowest BCUT2D eigenvalue weighted by molar-refractivity contribution is 0.469. The summed E-state index contributed by atoms with van der Waals surface area (Å²) < 4.78 is 20.1. The molecule has 0 fully saturated rings. The van der Waals surface area contributed by atoms with E-state index in [9.17, 15) is 0 Å². The van der Waals surface area contributed by atoms with E-state index >= 15 is 0 Å². The van der Waals surface area contributed by atoms with Gasteiger partial charge in [0.2, 0.25) is 0 Å². The molecule has 11 heterocycles. The van der Waals surface area contributed by atoms with Gasteiger partial charge in [0.25, 0.3) is 0 Å². The summed E-state index contributed by atoms with van der Waals surface area (Å²) in [5, 5.41) is 3.33. The Labute approximate surface area is 490 Å². The second kappa shape index (κ2) is 25.4. The van der Waals surface area contributed by atoms with Gasteiger partial charge in [-0.2, -0.15) is 17.5 Å². The molecule has 10 aromatic rings. The molecule has 11 rings (SSSR count). The molecule has 15 heteroatoms. The number of fused-ring (bicyclic) bond motifs is 5. The summed E-state index contributed by atoms with van der Waals surface area (Å²) in [5.41, 5.74) is 7.90. The number of hydrogen-bond donors (Lipinski definition) is 0. The Balaban J connectivity index is 0.966. The first-order valence-corrected chi connectivity index (χ1v) is 37.5. The molecule has 10 aromatic heterocycles. The van der Waals surface area contributed by atoms with Gasteiger partial charge in [-0.3, -0.25) is 9.97 Å². The van der Waals surface area contributed by atoms with Gasteiger partial charge in [-0.25, -0.2) is 0 Å². The minimum atomic E-state index is -2.36. The normalized spacial score (nSPS) is 13.8. The number of aromatic nitrogens is 6. The second-order valence-electron chi connectivity index (χ2n) is 21.5. The lowest BCUT2D eigenvalue weighted by Gasteiger charge is -2.35. The van der Waals surface area contributed by atoms with Crippen LogP contribution >= 0.6 is 91.5 Å². The van der Waals surface area contributed by atoms with E-state index in [1.807, 2.05) is 68.0 Å². The van der Waals surface area contributed by atoms with Gasteiger partial charge in [0.05, 0.1) is 33.2 Å². The average Bonchev–Trinajstić information content (AvgIpc) is 4.45. The van der Waals surface area contributed by atoms with Crippen LogP contribution in [-0.4, -0.2) is 35.5 Å². The Morgan fingerprint density at radius 2 is 0.805 bits per heavy atom. The molecule has 0 N–H and O–H groups in total. The summed E-state index contributed by atoms with van der Waals surface area (Å²) in [5.74, 6) is 1.37.